The van der Waals surface area contributed by atoms with E-state index in [2.05, 4.69) is 5.32 Å². The molecule has 8 heteroatoms. The summed E-state index contributed by atoms with van der Waals surface area (Å²) in [6.45, 7) is 8.25. The third-order valence-corrected chi connectivity index (χ3v) is 5.18. The van der Waals surface area contributed by atoms with Crippen molar-refractivity contribution in [3.8, 4) is 0 Å². The van der Waals surface area contributed by atoms with Crippen LogP contribution in [0.4, 0.5) is 0 Å². The van der Waals surface area contributed by atoms with Crippen LogP contribution in [-0.4, -0.2) is 45.6 Å². The predicted octanol–water partition coefficient (Wildman–Crippen LogP) is 2.98. The van der Waals surface area contributed by atoms with Gasteiger partial charge < -0.3 is 10.4 Å². The van der Waals surface area contributed by atoms with Crippen molar-refractivity contribution in [1.82, 2.24) is 10.4 Å². The molecule has 0 aliphatic heterocycles. The summed E-state index contributed by atoms with van der Waals surface area (Å²) < 4.78 is 1.05. The molecule has 2 aromatic rings. The van der Waals surface area contributed by atoms with Crippen LogP contribution in [0.2, 0.25) is 0 Å². The number of thiophene rings is 1. The van der Waals surface area contributed by atoms with E-state index in [9.17, 15) is 19.5 Å². The molecule has 2 amide bonds. The Labute approximate surface area is 168 Å². The molecule has 0 fully saturated rings. The summed E-state index contributed by atoms with van der Waals surface area (Å²) in [6.07, 6.45) is 0.565. The second kappa shape index (κ2) is 8.28. The van der Waals surface area contributed by atoms with Crippen LogP contribution in [0.15, 0.2) is 29.6 Å². The van der Waals surface area contributed by atoms with Crippen molar-refractivity contribution in [1.29, 1.82) is 0 Å². The lowest BCUT2D eigenvalue weighted by Crippen LogP contribution is -2.59. The van der Waals surface area contributed by atoms with Crippen LogP contribution in [-0.2, 0) is 25.6 Å². The van der Waals surface area contributed by atoms with Crippen molar-refractivity contribution in [3.05, 3.63) is 35.2 Å². The molecule has 1 aromatic carbocycles. The molecule has 0 saturated heterocycles. The Hall–Kier alpha value is -2.45. The van der Waals surface area contributed by atoms with Gasteiger partial charge in [-0.3, -0.25) is 14.4 Å². The molecule has 0 bridgehead atoms. The SMILES string of the molecule is CC(C)(C)ON(C=O)C(C)(C)C(=O)N[C@H](Cc1csc2ccccc12)C(=O)O. The zero-order valence-corrected chi connectivity index (χ0v) is 17.5. The zero-order valence-electron chi connectivity index (χ0n) is 16.7. The van der Waals surface area contributed by atoms with Crippen LogP contribution in [0.25, 0.3) is 10.1 Å². The Bertz CT molecular complexity index is 869. The highest BCUT2D eigenvalue weighted by molar-refractivity contribution is 7.17. The summed E-state index contributed by atoms with van der Waals surface area (Å²) in [6, 6.07) is 6.57. The van der Waals surface area contributed by atoms with Gasteiger partial charge in [-0.15, -0.1) is 11.3 Å². The second-order valence-corrected chi connectivity index (χ2v) is 8.93. The van der Waals surface area contributed by atoms with Crippen molar-refractivity contribution in [2.75, 3.05) is 0 Å². The average Bonchev–Trinajstić information content (AvgIpc) is 3.01. The summed E-state index contributed by atoms with van der Waals surface area (Å²) in [7, 11) is 0. The fourth-order valence-corrected chi connectivity index (χ4v) is 3.58. The second-order valence-electron chi connectivity index (χ2n) is 8.02. The Morgan fingerprint density at radius 1 is 1.25 bits per heavy atom. The first-order valence-electron chi connectivity index (χ1n) is 8.88. The van der Waals surface area contributed by atoms with E-state index in [1.54, 1.807) is 20.8 Å². The normalized spacial score (nSPS) is 13.2. The number of carbonyl (C=O) groups excluding carboxylic acids is 2. The van der Waals surface area contributed by atoms with Crippen LogP contribution in [0.1, 0.15) is 40.2 Å². The number of fused-ring (bicyclic) bond motifs is 1. The molecule has 2 rings (SSSR count). The number of carbonyl (C=O) groups is 3. The summed E-state index contributed by atoms with van der Waals surface area (Å²) in [5.74, 6) is -1.76. The number of hydroxylamine groups is 2. The molecule has 28 heavy (non-hydrogen) atoms. The van der Waals surface area contributed by atoms with Crippen LogP contribution >= 0.6 is 11.3 Å². The molecule has 1 atom stereocenters. The van der Waals surface area contributed by atoms with E-state index in [4.69, 9.17) is 4.84 Å². The summed E-state index contributed by atoms with van der Waals surface area (Å²) in [5.41, 5.74) is -1.23. The van der Waals surface area contributed by atoms with E-state index in [0.717, 1.165) is 20.7 Å². The Morgan fingerprint density at radius 2 is 1.89 bits per heavy atom. The van der Waals surface area contributed by atoms with Gasteiger partial charge in [-0.2, -0.15) is 0 Å². The molecule has 0 aliphatic carbocycles. The van der Waals surface area contributed by atoms with E-state index in [0.29, 0.717) is 6.41 Å². The molecule has 0 saturated carbocycles. The van der Waals surface area contributed by atoms with Gasteiger partial charge in [-0.1, -0.05) is 18.2 Å². The maximum absolute atomic E-state index is 12.8. The highest BCUT2D eigenvalue weighted by atomic mass is 32.1. The first kappa shape index (κ1) is 21.8. The van der Waals surface area contributed by atoms with Gasteiger partial charge in [0, 0.05) is 11.1 Å². The highest BCUT2D eigenvalue weighted by Gasteiger charge is 2.39. The topological polar surface area (TPSA) is 95.9 Å². The number of hydrogen-bond donors (Lipinski definition) is 2. The maximum atomic E-state index is 12.8. The quantitative estimate of drug-likeness (QED) is 0.519. The molecule has 2 N–H and O–H groups in total. The largest absolute Gasteiger partial charge is 0.480 e. The first-order valence-corrected chi connectivity index (χ1v) is 9.76. The lowest BCUT2D eigenvalue weighted by molar-refractivity contribution is -0.247. The molecular formula is C20H26N2O5S. The van der Waals surface area contributed by atoms with Crippen molar-refractivity contribution in [3.63, 3.8) is 0 Å². The van der Waals surface area contributed by atoms with Gasteiger partial charge in [-0.05, 0) is 57.0 Å². The van der Waals surface area contributed by atoms with Crippen molar-refractivity contribution < 1.29 is 24.3 Å². The van der Waals surface area contributed by atoms with E-state index in [-0.39, 0.29) is 6.42 Å². The number of amides is 2. The minimum Gasteiger partial charge on any atom is -0.480 e. The predicted molar refractivity (Wildman–Crippen MR) is 108 cm³/mol. The molecular weight excluding hydrogens is 380 g/mol. The van der Waals surface area contributed by atoms with Gasteiger partial charge in [0.1, 0.15) is 11.6 Å². The molecule has 0 unspecified atom stereocenters. The van der Waals surface area contributed by atoms with E-state index in [1.165, 1.54) is 25.2 Å². The highest BCUT2D eigenvalue weighted by Crippen LogP contribution is 2.27. The molecule has 0 aliphatic rings. The number of hydrogen-bond acceptors (Lipinski definition) is 5. The van der Waals surface area contributed by atoms with Gasteiger partial charge in [-0.25, -0.2) is 9.86 Å². The van der Waals surface area contributed by atoms with Crippen LogP contribution in [0.3, 0.4) is 0 Å². The lowest BCUT2D eigenvalue weighted by Gasteiger charge is -2.37. The summed E-state index contributed by atoms with van der Waals surface area (Å²) in [4.78, 5) is 41.6. The van der Waals surface area contributed by atoms with Crippen LogP contribution in [0, 0.1) is 0 Å². The van der Waals surface area contributed by atoms with Crippen molar-refractivity contribution in [2.24, 2.45) is 0 Å². The van der Waals surface area contributed by atoms with Crippen molar-refractivity contribution >= 4 is 39.7 Å². The Kier molecular flexibility index (Phi) is 6.46. The van der Waals surface area contributed by atoms with Gasteiger partial charge in [0.15, 0.2) is 0 Å². The van der Waals surface area contributed by atoms with Gasteiger partial charge in [0.25, 0.3) is 0 Å². The van der Waals surface area contributed by atoms with E-state index < -0.39 is 29.1 Å². The van der Waals surface area contributed by atoms with E-state index >= 15 is 0 Å². The standard InChI is InChI=1S/C20H26N2O5S/c1-19(2,3)27-22(12-23)20(4,5)18(26)21-15(17(24)25)10-13-11-28-16-9-7-6-8-14(13)16/h6-9,11-12,15H,10H2,1-5H3,(H,21,26)(H,24,25)/t15-/m1/s1. The van der Waals surface area contributed by atoms with Crippen molar-refractivity contribution in [2.45, 2.75) is 58.2 Å². The fraction of sp³-hybridized carbons (Fsp3) is 0.450. The third kappa shape index (κ3) is 5.08. The number of carboxylic acids is 1. The maximum Gasteiger partial charge on any atom is 0.326 e. The van der Waals surface area contributed by atoms with Gasteiger partial charge in [0.2, 0.25) is 12.3 Å². The number of benzene rings is 1. The minimum atomic E-state index is -1.39. The van der Waals surface area contributed by atoms with Gasteiger partial charge in [0.05, 0.1) is 5.60 Å². The number of carboxylic acid groups (broad SMARTS) is 1. The fourth-order valence-electron chi connectivity index (χ4n) is 2.61. The zero-order chi connectivity index (χ0) is 21.1. The minimum absolute atomic E-state index is 0.141. The number of nitrogens with one attached hydrogen (secondary N) is 1. The number of rotatable bonds is 8. The van der Waals surface area contributed by atoms with E-state index in [1.807, 2.05) is 29.6 Å². The Balaban J connectivity index is 2.19. The molecule has 152 valence electrons. The molecule has 7 nitrogen and oxygen atoms in total. The van der Waals surface area contributed by atoms with Crippen LogP contribution < -0.4 is 5.32 Å². The molecule has 1 heterocycles. The average molecular weight is 407 g/mol. The third-order valence-electron chi connectivity index (χ3n) is 4.16. The lowest BCUT2D eigenvalue weighted by atomic mass is 10.0. The monoisotopic (exact) mass is 406 g/mol. The molecule has 0 radical (unpaired) electrons. The first-order chi connectivity index (χ1) is 13.0. The van der Waals surface area contributed by atoms with Crippen LogP contribution in [0.5, 0.6) is 0 Å². The van der Waals surface area contributed by atoms with Gasteiger partial charge >= 0.3 is 5.97 Å². The Morgan fingerprint density at radius 3 is 2.46 bits per heavy atom. The summed E-state index contributed by atoms with van der Waals surface area (Å²) in [5, 5.41) is 16.0. The molecule has 0 spiro atoms. The number of nitrogens with zero attached hydrogens (tertiary/aromatic N) is 1. The number of aliphatic carboxylic acids is 1. The molecule has 1 aromatic heterocycles. The smallest absolute Gasteiger partial charge is 0.326 e. The summed E-state index contributed by atoms with van der Waals surface area (Å²) >= 11 is 1.53.